The molecule has 0 amide bonds. The monoisotopic (exact) mass is 615 g/mol. The standard InChI is InChI=1S/C43H29N5/c1-4-12-30(13-5-1)32-19-21-34(22-20-32)40-28-39(33-16-8-3-9-17-33)47-43(48-40)35-23-24-38(45-29-35)42-27-36(31-14-6-2-7-15-31)26-41(46-42)37-18-10-11-25-44-37/h1-29H. The van der Waals surface area contributed by atoms with Gasteiger partial charge in [0.1, 0.15) is 0 Å². The Bertz CT molecular complexity index is 2230. The fraction of sp³-hybridized carbons (Fsp3) is 0. The van der Waals surface area contributed by atoms with Gasteiger partial charge >= 0.3 is 0 Å². The van der Waals surface area contributed by atoms with Crippen molar-refractivity contribution in [3.8, 4) is 78.9 Å². The van der Waals surface area contributed by atoms with Crippen LogP contribution < -0.4 is 0 Å². The summed E-state index contributed by atoms with van der Waals surface area (Å²) in [4.78, 5) is 24.5. The van der Waals surface area contributed by atoms with E-state index in [0.29, 0.717) is 5.82 Å². The lowest BCUT2D eigenvalue weighted by molar-refractivity contribution is 1.17. The van der Waals surface area contributed by atoms with Crippen molar-refractivity contribution in [3.63, 3.8) is 0 Å². The predicted molar refractivity (Wildman–Crippen MR) is 193 cm³/mol. The Morgan fingerprint density at radius 3 is 1.31 bits per heavy atom. The van der Waals surface area contributed by atoms with E-state index in [0.717, 1.165) is 67.5 Å². The van der Waals surface area contributed by atoms with Gasteiger partial charge in [0, 0.05) is 29.1 Å². The second-order valence-electron chi connectivity index (χ2n) is 11.4. The third kappa shape index (κ3) is 6.13. The molecule has 0 N–H and O–H groups in total. The van der Waals surface area contributed by atoms with Gasteiger partial charge in [0.15, 0.2) is 5.82 Å². The zero-order chi connectivity index (χ0) is 32.1. The molecule has 0 spiro atoms. The fourth-order valence-corrected chi connectivity index (χ4v) is 5.73. The minimum absolute atomic E-state index is 0.609. The molecule has 0 unspecified atom stereocenters. The molecule has 5 nitrogen and oxygen atoms in total. The van der Waals surface area contributed by atoms with Crippen LogP contribution in [0.2, 0.25) is 0 Å². The van der Waals surface area contributed by atoms with Crippen LogP contribution in [0.5, 0.6) is 0 Å². The van der Waals surface area contributed by atoms with Gasteiger partial charge in [-0.25, -0.2) is 15.0 Å². The predicted octanol–water partition coefficient (Wildman–Crippen LogP) is 10.3. The van der Waals surface area contributed by atoms with Gasteiger partial charge in [0.2, 0.25) is 0 Å². The van der Waals surface area contributed by atoms with E-state index in [-0.39, 0.29) is 0 Å². The van der Waals surface area contributed by atoms with Crippen molar-refractivity contribution >= 4 is 0 Å². The number of hydrogen-bond acceptors (Lipinski definition) is 5. The highest BCUT2D eigenvalue weighted by atomic mass is 14.9. The first kappa shape index (κ1) is 28.9. The zero-order valence-electron chi connectivity index (χ0n) is 26.0. The number of pyridine rings is 3. The van der Waals surface area contributed by atoms with Crippen LogP contribution in [0.25, 0.3) is 78.9 Å². The Hall–Kier alpha value is -6.59. The zero-order valence-corrected chi connectivity index (χ0v) is 26.0. The van der Waals surface area contributed by atoms with Crippen LogP contribution in [0, 0.1) is 0 Å². The molecule has 0 bridgehead atoms. The minimum atomic E-state index is 0.609. The van der Waals surface area contributed by atoms with Gasteiger partial charge in [0.05, 0.1) is 34.2 Å². The lowest BCUT2D eigenvalue weighted by Gasteiger charge is -2.11. The van der Waals surface area contributed by atoms with E-state index < -0.39 is 0 Å². The first-order chi connectivity index (χ1) is 23.8. The first-order valence-electron chi connectivity index (χ1n) is 15.8. The molecule has 4 aromatic heterocycles. The quantitative estimate of drug-likeness (QED) is 0.178. The highest BCUT2D eigenvalue weighted by Crippen LogP contribution is 2.32. The average molecular weight is 616 g/mol. The van der Waals surface area contributed by atoms with Gasteiger partial charge in [-0.2, -0.15) is 0 Å². The summed E-state index contributed by atoms with van der Waals surface area (Å²) in [5, 5.41) is 0. The maximum Gasteiger partial charge on any atom is 0.161 e. The number of aromatic nitrogens is 5. The summed E-state index contributed by atoms with van der Waals surface area (Å²) in [6, 6.07) is 55.5. The van der Waals surface area contributed by atoms with E-state index in [2.05, 4.69) is 96.0 Å². The van der Waals surface area contributed by atoms with Crippen LogP contribution in [0.15, 0.2) is 176 Å². The Balaban J connectivity index is 1.18. The van der Waals surface area contributed by atoms with Crippen molar-refractivity contribution in [2.75, 3.05) is 0 Å². The first-order valence-corrected chi connectivity index (χ1v) is 15.8. The molecular weight excluding hydrogens is 587 g/mol. The normalized spacial score (nSPS) is 10.9. The molecule has 4 aromatic carbocycles. The second-order valence-corrected chi connectivity index (χ2v) is 11.4. The fourth-order valence-electron chi connectivity index (χ4n) is 5.73. The topological polar surface area (TPSA) is 64.5 Å². The Kier molecular flexibility index (Phi) is 7.83. The van der Waals surface area contributed by atoms with Gasteiger partial charge < -0.3 is 0 Å². The molecule has 8 aromatic rings. The van der Waals surface area contributed by atoms with Gasteiger partial charge in [-0.1, -0.05) is 121 Å². The van der Waals surface area contributed by atoms with Gasteiger partial charge in [-0.3, -0.25) is 9.97 Å². The van der Waals surface area contributed by atoms with E-state index in [1.165, 1.54) is 5.56 Å². The summed E-state index contributed by atoms with van der Waals surface area (Å²) in [5.41, 5.74) is 12.2. The van der Waals surface area contributed by atoms with Gasteiger partial charge in [0.25, 0.3) is 0 Å². The molecule has 226 valence electrons. The molecule has 4 heterocycles. The number of benzene rings is 4. The van der Waals surface area contributed by atoms with E-state index in [1.807, 2.05) is 79.0 Å². The Morgan fingerprint density at radius 2 is 0.750 bits per heavy atom. The highest BCUT2D eigenvalue weighted by Gasteiger charge is 2.14. The number of rotatable bonds is 7. The molecule has 8 rings (SSSR count). The highest BCUT2D eigenvalue weighted by molar-refractivity contribution is 5.77. The summed E-state index contributed by atoms with van der Waals surface area (Å²) >= 11 is 0. The molecule has 0 aliphatic rings. The molecule has 0 radical (unpaired) electrons. The third-order valence-electron chi connectivity index (χ3n) is 8.23. The maximum atomic E-state index is 5.04. The van der Waals surface area contributed by atoms with E-state index in [1.54, 1.807) is 6.20 Å². The summed E-state index contributed by atoms with van der Waals surface area (Å²) in [7, 11) is 0. The van der Waals surface area contributed by atoms with Crippen LogP contribution in [0.3, 0.4) is 0 Å². The Morgan fingerprint density at radius 1 is 0.271 bits per heavy atom. The van der Waals surface area contributed by atoms with Crippen LogP contribution in [-0.4, -0.2) is 24.9 Å². The molecule has 0 fully saturated rings. The molecule has 5 heteroatoms. The summed E-state index contributed by atoms with van der Waals surface area (Å²) < 4.78 is 0. The Labute approximate surface area is 279 Å². The third-order valence-corrected chi connectivity index (χ3v) is 8.23. The van der Waals surface area contributed by atoms with Gasteiger partial charge in [-0.05, 0) is 64.7 Å². The molecule has 0 saturated carbocycles. The van der Waals surface area contributed by atoms with Crippen molar-refractivity contribution in [2.45, 2.75) is 0 Å². The largest absolute Gasteiger partial charge is 0.255 e. The summed E-state index contributed by atoms with van der Waals surface area (Å²) in [5.74, 6) is 0.609. The van der Waals surface area contributed by atoms with E-state index in [9.17, 15) is 0 Å². The molecule has 48 heavy (non-hydrogen) atoms. The van der Waals surface area contributed by atoms with E-state index >= 15 is 0 Å². The average Bonchev–Trinajstić information content (AvgIpc) is 3.19. The second kappa shape index (κ2) is 13.0. The molecule has 0 atom stereocenters. The smallest absolute Gasteiger partial charge is 0.161 e. The van der Waals surface area contributed by atoms with Crippen LogP contribution in [0.4, 0.5) is 0 Å². The number of nitrogens with zero attached hydrogens (tertiary/aromatic N) is 5. The maximum absolute atomic E-state index is 5.04. The van der Waals surface area contributed by atoms with Crippen molar-refractivity contribution < 1.29 is 0 Å². The van der Waals surface area contributed by atoms with E-state index in [4.69, 9.17) is 19.9 Å². The molecule has 0 saturated heterocycles. The molecular formula is C43H29N5. The lowest BCUT2D eigenvalue weighted by atomic mass is 10.0. The van der Waals surface area contributed by atoms with Crippen molar-refractivity contribution in [1.82, 2.24) is 24.9 Å². The van der Waals surface area contributed by atoms with Crippen LogP contribution in [-0.2, 0) is 0 Å². The van der Waals surface area contributed by atoms with Crippen LogP contribution in [0.1, 0.15) is 0 Å². The van der Waals surface area contributed by atoms with Crippen molar-refractivity contribution in [1.29, 1.82) is 0 Å². The van der Waals surface area contributed by atoms with Crippen molar-refractivity contribution in [2.24, 2.45) is 0 Å². The minimum Gasteiger partial charge on any atom is -0.255 e. The lowest BCUT2D eigenvalue weighted by Crippen LogP contribution is -1.97. The summed E-state index contributed by atoms with van der Waals surface area (Å²) in [6.07, 6.45) is 3.62. The molecule has 0 aliphatic carbocycles. The summed E-state index contributed by atoms with van der Waals surface area (Å²) in [6.45, 7) is 0. The van der Waals surface area contributed by atoms with Crippen LogP contribution >= 0.6 is 0 Å². The van der Waals surface area contributed by atoms with Crippen molar-refractivity contribution in [3.05, 3.63) is 176 Å². The SMILES string of the molecule is c1ccc(-c2ccc(-c3cc(-c4ccccc4)nc(-c4ccc(-c5cc(-c6ccccc6)cc(-c6ccccn6)n5)nc4)n3)cc2)cc1. The number of hydrogen-bond donors (Lipinski definition) is 0. The molecule has 0 aliphatic heterocycles. The van der Waals surface area contributed by atoms with Gasteiger partial charge in [-0.15, -0.1) is 0 Å².